The van der Waals surface area contributed by atoms with Gasteiger partial charge in [0.1, 0.15) is 17.4 Å². The molecule has 6 nitrogen and oxygen atoms in total. The third-order valence-corrected chi connectivity index (χ3v) is 5.90. The van der Waals surface area contributed by atoms with Gasteiger partial charge < -0.3 is 19.1 Å². The molecular formula is C20H16F2N2O4S. The number of amides is 1. The molecule has 29 heavy (non-hydrogen) atoms. The molecule has 2 aliphatic rings. The molecule has 1 amide bonds. The van der Waals surface area contributed by atoms with Crippen LogP contribution in [0.5, 0.6) is 16.7 Å². The van der Waals surface area contributed by atoms with E-state index in [4.69, 9.17) is 14.2 Å². The zero-order valence-corrected chi connectivity index (χ0v) is 16.0. The van der Waals surface area contributed by atoms with Gasteiger partial charge in [-0.3, -0.25) is 4.79 Å². The molecule has 3 aromatic rings. The molecule has 9 heteroatoms. The fourth-order valence-electron chi connectivity index (χ4n) is 3.52. The topological polar surface area (TPSA) is 60.9 Å². The van der Waals surface area contributed by atoms with Gasteiger partial charge in [-0.05, 0) is 24.3 Å². The lowest BCUT2D eigenvalue weighted by atomic mass is 10.1. The van der Waals surface area contributed by atoms with Crippen molar-refractivity contribution in [1.29, 1.82) is 0 Å². The summed E-state index contributed by atoms with van der Waals surface area (Å²) in [6.07, 6.45) is 1.12. The summed E-state index contributed by atoms with van der Waals surface area (Å²) in [5.74, 6) is -0.190. The first-order valence-corrected chi connectivity index (χ1v) is 9.99. The highest BCUT2D eigenvalue weighted by Crippen LogP contribution is 2.34. The lowest BCUT2D eigenvalue weighted by Crippen LogP contribution is -2.41. The number of benzene rings is 2. The van der Waals surface area contributed by atoms with Gasteiger partial charge in [0, 0.05) is 37.6 Å². The number of rotatable bonds is 3. The maximum absolute atomic E-state index is 13.8. The number of halogens is 2. The number of hydrogen-bond acceptors (Lipinski definition) is 6. The van der Waals surface area contributed by atoms with E-state index >= 15 is 0 Å². The zero-order chi connectivity index (χ0) is 20.0. The van der Waals surface area contributed by atoms with E-state index in [1.54, 1.807) is 23.1 Å². The van der Waals surface area contributed by atoms with E-state index in [9.17, 15) is 13.6 Å². The number of likely N-dealkylation sites (tertiary alicyclic amines) is 1. The summed E-state index contributed by atoms with van der Waals surface area (Å²) in [4.78, 5) is 18.7. The average molecular weight is 418 g/mol. The van der Waals surface area contributed by atoms with E-state index in [-0.39, 0.29) is 24.3 Å². The van der Waals surface area contributed by atoms with Gasteiger partial charge in [0.05, 0.1) is 4.70 Å². The number of hydrogen-bond donors (Lipinski definition) is 0. The van der Waals surface area contributed by atoms with Crippen LogP contribution in [0, 0.1) is 11.6 Å². The van der Waals surface area contributed by atoms with Crippen LogP contribution < -0.4 is 14.2 Å². The molecule has 0 aliphatic carbocycles. The summed E-state index contributed by atoms with van der Waals surface area (Å²) in [6, 6.07) is 7.22. The number of carbonyl (C=O) groups excluding carboxylic acids is 1. The van der Waals surface area contributed by atoms with Crippen LogP contribution in [0.15, 0.2) is 30.3 Å². The van der Waals surface area contributed by atoms with Crippen LogP contribution in [-0.2, 0) is 0 Å². The van der Waals surface area contributed by atoms with E-state index in [0.29, 0.717) is 52.9 Å². The summed E-state index contributed by atoms with van der Waals surface area (Å²) in [5.41, 5.74) is 0.666. The minimum atomic E-state index is -0.699. The highest BCUT2D eigenvalue weighted by atomic mass is 32.1. The number of fused-ring (bicyclic) bond motifs is 2. The molecule has 0 unspecified atom stereocenters. The van der Waals surface area contributed by atoms with Crippen molar-refractivity contribution in [2.75, 3.05) is 19.9 Å². The Balaban J connectivity index is 1.22. The fourth-order valence-corrected chi connectivity index (χ4v) is 4.44. The number of nitrogens with zero attached hydrogens (tertiary/aromatic N) is 2. The van der Waals surface area contributed by atoms with E-state index in [0.717, 1.165) is 17.4 Å². The first-order valence-electron chi connectivity index (χ1n) is 9.18. The third kappa shape index (κ3) is 3.46. The number of aromatic nitrogens is 1. The summed E-state index contributed by atoms with van der Waals surface area (Å²) < 4.78 is 44.0. The average Bonchev–Trinajstić information content (AvgIpc) is 3.34. The minimum Gasteiger partial charge on any atom is -0.467 e. The van der Waals surface area contributed by atoms with Crippen molar-refractivity contribution in [2.45, 2.75) is 18.9 Å². The van der Waals surface area contributed by atoms with Crippen LogP contribution in [0.4, 0.5) is 8.78 Å². The quantitative estimate of drug-likeness (QED) is 0.644. The molecule has 1 aromatic heterocycles. The predicted octanol–water partition coefficient (Wildman–Crippen LogP) is 3.99. The lowest BCUT2D eigenvalue weighted by Gasteiger charge is -2.31. The van der Waals surface area contributed by atoms with Crippen LogP contribution in [0.1, 0.15) is 23.2 Å². The summed E-state index contributed by atoms with van der Waals surface area (Å²) in [7, 11) is 0. The Hall–Kier alpha value is -2.94. The highest BCUT2D eigenvalue weighted by Gasteiger charge is 2.27. The first kappa shape index (κ1) is 18.1. The highest BCUT2D eigenvalue weighted by molar-refractivity contribution is 7.20. The molecule has 0 atom stereocenters. The van der Waals surface area contributed by atoms with Crippen molar-refractivity contribution < 1.29 is 27.8 Å². The molecule has 0 N–H and O–H groups in total. The van der Waals surface area contributed by atoms with Gasteiger partial charge in [0.15, 0.2) is 17.3 Å². The van der Waals surface area contributed by atoms with Crippen molar-refractivity contribution in [3.05, 3.63) is 47.5 Å². The second kappa shape index (κ2) is 7.14. The van der Waals surface area contributed by atoms with Gasteiger partial charge in [-0.15, -0.1) is 0 Å². The monoisotopic (exact) mass is 418 g/mol. The van der Waals surface area contributed by atoms with E-state index in [1.165, 1.54) is 6.07 Å². The molecule has 0 radical (unpaired) electrons. The van der Waals surface area contributed by atoms with Gasteiger partial charge in [-0.1, -0.05) is 11.3 Å². The summed E-state index contributed by atoms with van der Waals surface area (Å²) >= 11 is 1.11. The van der Waals surface area contributed by atoms with E-state index in [1.807, 2.05) is 0 Å². The lowest BCUT2D eigenvalue weighted by molar-refractivity contribution is 0.0595. The van der Waals surface area contributed by atoms with Crippen LogP contribution >= 0.6 is 11.3 Å². The zero-order valence-electron chi connectivity index (χ0n) is 15.2. The normalized spacial score (nSPS) is 16.4. The number of thiazole rings is 1. The Morgan fingerprint density at radius 3 is 2.76 bits per heavy atom. The largest absolute Gasteiger partial charge is 0.467 e. The predicted molar refractivity (Wildman–Crippen MR) is 102 cm³/mol. The third-order valence-electron chi connectivity index (χ3n) is 5.01. The Kier molecular flexibility index (Phi) is 4.46. The molecule has 5 rings (SSSR count). The molecule has 0 bridgehead atoms. The van der Waals surface area contributed by atoms with Crippen LogP contribution in [0.25, 0.3) is 10.2 Å². The standard InChI is InChI=1S/C20H16F2N2O4S/c21-12-8-14(22)18-17(9-12)29-20(23-18)28-13-3-5-24(6-4-13)19(25)11-1-2-15-16(7-11)27-10-26-15/h1-2,7-9,13H,3-6,10H2. The van der Waals surface area contributed by atoms with Crippen molar-refractivity contribution in [2.24, 2.45) is 0 Å². The van der Waals surface area contributed by atoms with Gasteiger partial charge in [-0.25, -0.2) is 8.78 Å². The second-order valence-electron chi connectivity index (χ2n) is 6.89. The van der Waals surface area contributed by atoms with E-state index in [2.05, 4.69) is 4.98 Å². The van der Waals surface area contributed by atoms with Crippen molar-refractivity contribution >= 4 is 27.5 Å². The number of ether oxygens (including phenoxy) is 3. The molecule has 2 aliphatic heterocycles. The van der Waals surface area contributed by atoms with Crippen molar-refractivity contribution in [1.82, 2.24) is 9.88 Å². The number of carbonyl (C=O) groups is 1. The maximum Gasteiger partial charge on any atom is 0.274 e. The summed E-state index contributed by atoms with van der Waals surface area (Å²) in [5, 5.41) is 0.310. The van der Waals surface area contributed by atoms with Crippen LogP contribution in [0.2, 0.25) is 0 Å². The Labute approximate surface area is 168 Å². The molecule has 1 fully saturated rings. The SMILES string of the molecule is O=C(c1ccc2c(c1)OCO2)N1CCC(Oc2nc3c(F)cc(F)cc3s2)CC1. The molecule has 2 aromatic carbocycles. The molecular weight excluding hydrogens is 402 g/mol. The molecule has 1 saturated heterocycles. The first-order chi connectivity index (χ1) is 14.1. The second-order valence-corrected chi connectivity index (χ2v) is 7.88. The van der Waals surface area contributed by atoms with Gasteiger partial charge >= 0.3 is 0 Å². The molecule has 0 spiro atoms. The molecule has 3 heterocycles. The van der Waals surface area contributed by atoms with Gasteiger partial charge in [0.2, 0.25) is 6.79 Å². The minimum absolute atomic E-state index is 0.0701. The summed E-state index contributed by atoms with van der Waals surface area (Å²) in [6.45, 7) is 1.23. The Morgan fingerprint density at radius 1 is 1.14 bits per heavy atom. The number of piperidine rings is 1. The van der Waals surface area contributed by atoms with Crippen LogP contribution in [-0.4, -0.2) is 41.8 Å². The molecule has 0 saturated carbocycles. The fraction of sp³-hybridized carbons (Fsp3) is 0.300. The van der Waals surface area contributed by atoms with Crippen LogP contribution in [0.3, 0.4) is 0 Å². The Morgan fingerprint density at radius 2 is 1.93 bits per heavy atom. The Bertz CT molecular complexity index is 1100. The van der Waals surface area contributed by atoms with Gasteiger partial charge in [0.25, 0.3) is 11.1 Å². The maximum atomic E-state index is 13.8. The smallest absolute Gasteiger partial charge is 0.274 e. The van der Waals surface area contributed by atoms with Crippen molar-refractivity contribution in [3.63, 3.8) is 0 Å². The van der Waals surface area contributed by atoms with Gasteiger partial charge in [-0.2, -0.15) is 4.98 Å². The molecule has 150 valence electrons. The van der Waals surface area contributed by atoms with E-state index < -0.39 is 11.6 Å². The van der Waals surface area contributed by atoms with Crippen molar-refractivity contribution in [3.8, 4) is 16.7 Å².